The molecule has 172 valence electrons. The number of methoxy groups -OCH3 is 1. The van der Waals surface area contributed by atoms with Crippen LogP contribution >= 0.6 is 11.3 Å². The first-order valence-corrected chi connectivity index (χ1v) is 13.0. The molecule has 0 bridgehead atoms. The molecule has 33 heavy (non-hydrogen) atoms. The zero-order valence-corrected chi connectivity index (χ0v) is 20.2. The molecule has 0 unspecified atom stereocenters. The summed E-state index contributed by atoms with van der Waals surface area (Å²) < 4.78 is 32.0. The number of nitrogens with zero attached hydrogens (tertiary/aromatic N) is 4. The third-order valence-corrected chi connectivity index (χ3v) is 7.62. The number of ether oxygens (including phenoxy) is 1. The van der Waals surface area contributed by atoms with Crippen LogP contribution in [0.1, 0.15) is 22.3 Å². The molecule has 0 aliphatic heterocycles. The van der Waals surface area contributed by atoms with Crippen LogP contribution in [0.3, 0.4) is 0 Å². The number of aromatic nitrogens is 3. The Bertz CT molecular complexity index is 1380. The van der Waals surface area contributed by atoms with Gasteiger partial charge in [-0.25, -0.2) is 18.4 Å². The Kier molecular flexibility index (Phi) is 6.48. The zero-order chi connectivity index (χ0) is 23.6. The molecule has 0 fully saturated rings. The predicted molar refractivity (Wildman–Crippen MR) is 129 cm³/mol. The minimum absolute atomic E-state index is 0.172. The van der Waals surface area contributed by atoms with Crippen molar-refractivity contribution in [3.63, 3.8) is 0 Å². The first kappa shape index (κ1) is 22.9. The second kappa shape index (κ2) is 9.32. The van der Waals surface area contributed by atoms with Crippen molar-refractivity contribution < 1.29 is 17.9 Å². The molecule has 8 nitrogen and oxygen atoms in total. The van der Waals surface area contributed by atoms with Gasteiger partial charge < -0.3 is 9.30 Å². The van der Waals surface area contributed by atoms with Gasteiger partial charge in [-0.2, -0.15) is 0 Å². The lowest BCUT2D eigenvalue weighted by atomic mass is 10.2. The van der Waals surface area contributed by atoms with E-state index in [1.54, 1.807) is 36.7 Å². The van der Waals surface area contributed by atoms with Crippen LogP contribution in [-0.4, -0.2) is 48.8 Å². The van der Waals surface area contributed by atoms with E-state index in [0.717, 1.165) is 22.0 Å². The van der Waals surface area contributed by atoms with E-state index in [1.165, 1.54) is 23.5 Å². The summed E-state index contributed by atoms with van der Waals surface area (Å²) in [4.78, 5) is 24.1. The Morgan fingerprint density at radius 2 is 1.94 bits per heavy atom. The van der Waals surface area contributed by atoms with E-state index in [2.05, 4.69) is 4.98 Å². The maximum Gasteiger partial charge on any atom is 0.260 e. The summed E-state index contributed by atoms with van der Waals surface area (Å²) in [6.45, 7) is 3.13. The number of anilines is 1. The van der Waals surface area contributed by atoms with Crippen LogP contribution in [-0.2, 0) is 16.4 Å². The van der Waals surface area contributed by atoms with Gasteiger partial charge in [-0.1, -0.05) is 17.4 Å². The van der Waals surface area contributed by atoms with E-state index < -0.39 is 9.84 Å². The van der Waals surface area contributed by atoms with Gasteiger partial charge in [0.05, 0.1) is 23.0 Å². The SMILES string of the molecule is COc1ccc(C)c2sc(N(CCCn3ccnc3)C(=O)c3ccc(S(C)(=O)=O)cc3)nc12. The number of thiazole rings is 1. The normalized spacial score (nSPS) is 11.6. The Morgan fingerprint density at radius 3 is 2.58 bits per heavy atom. The van der Waals surface area contributed by atoms with Crippen molar-refractivity contribution in [3.05, 3.63) is 66.2 Å². The summed E-state index contributed by atoms with van der Waals surface area (Å²) in [5.74, 6) is 0.415. The van der Waals surface area contributed by atoms with Crippen LogP contribution in [0.25, 0.3) is 10.2 Å². The Morgan fingerprint density at radius 1 is 1.18 bits per heavy atom. The van der Waals surface area contributed by atoms with E-state index >= 15 is 0 Å². The summed E-state index contributed by atoms with van der Waals surface area (Å²) in [5.41, 5.74) is 2.17. The van der Waals surface area contributed by atoms with Crippen LogP contribution in [0.4, 0.5) is 5.13 Å². The number of hydrogen-bond acceptors (Lipinski definition) is 7. The molecule has 0 radical (unpaired) electrons. The third-order valence-electron chi connectivity index (χ3n) is 5.27. The number of aryl methyl sites for hydroxylation is 2. The van der Waals surface area contributed by atoms with Crippen molar-refractivity contribution in [2.75, 3.05) is 24.8 Å². The van der Waals surface area contributed by atoms with Gasteiger partial charge in [-0.3, -0.25) is 9.69 Å². The minimum atomic E-state index is -3.34. The van der Waals surface area contributed by atoms with Crippen molar-refractivity contribution in [1.82, 2.24) is 14.5 Å². The first-order valence-electron chi connectivity index (χ1n) is 10.3. The van der Waals surface area contributed by atoms with Crippen molar-refractivity contribution >= 4 is 42.4 Å². The standard InChI is InChI=1S/C23H24N4O4S2/c1-16-5-10-19(31-2)20-21(16)32-23(25-20)27(13-4-12-26-14-11-24-15-26)22(28)17-6-8-18(9-7-17)33(3,29)30/h5-11,14-15H,4,12-13H2,1-3H3. The maximum absolute atomic E-state index is 13.5. The summed E-state index contributed by atoms with van der Waals surface area (Å²) in [5, 5.41) is 0.570. The first-order chi connectivity index (χ1) is 15.8. The molecule has 1 amide bonds. The Balaban J connectivity index is 1.69. The number of benzene rings is 2. The van der Waals surface area contributed by atoms with Gasteiger partial charge in [0.25, 0.3) is 5.91 Å². The highest BCUT2D eigenvalue weighted by atomic mass is 32.2. The second-order valence-corrected chi connectivity index (χ2v) is 10.7. The average molecular weight is 485 g/mol. The third kappa shape index (κ3) is 4.91. The molecule has 2 heterocycles. The molecular weight excluding hydrogens is 460 g/mol. The number of hydrogen-bond donors (Lipinski definition) is 0. The van der Waals surface area contributed by atoms with Gasteiger partial charge in [-0.05, 0) is 49.2 Å². The molecular formula is C23H24N4O4S2. The molecule has 0 atom stereocenters. The van der Waals surface area contributed by atoms with Gasteiger partial charge >= 0.3 is 0 Å². The van der Waals surface area contributed by atoms with Gasteiger partial charge in [-0.15, -0.1) is 0 Å². The Labute approximate surface area is 196 Å². The van der Waals surface area contributed by atoms with E-state index in [0.29, 0.717) is 36.0 Å². The fourth-order valence-corrected chi connectivity index (χ4v) is 5.20. The molecule has 0 N–H and O–H groups in total. The second-order valence-electron chi connectivity index (χ2n) is 7.67. The maximum atomic E-state index is 13.5. The molecule has 2 aromatic carbocycles. The zero-order valence-electron chi connectivity index (χ0n) is 18.6. The molecule has 0 aliphatic rings. The number of amides is 1. The van der Waals surface area contributed by atoms with Crippen LogP contribution in [0.2, 0.25) is 0 Å². The monoisotopic (exact) mass is 484 g/mol. The lowest BCUT2D eigenvalue weighted by Gasteiger charge is -2.20. The smallest absolute Gasteiger partial charge is 0.260 e. The molecule has 4 aromatic rings. The molecule has 0 aliphatic carbocycles. The quantitative estimate of drug-likeness (QED) is 0.376. The lowest BCUT2D eigenvalue weighted by molar-refractivity contribution is 0.0986. The Hall–Kier alpha value is -3.24. The topological polar surface area (TPSA) is 94.4 Å². The van der Waals surface area contributed by atoms with E-state index in [-0.39, 0.29) is 10.8 Å². The van der Waals surface area contributed by atoms with Crippen LogP contribution < -0.4 is 9.64 Å². The fraction of sp³-hybridized carbons (Fsp3) is 0.261. The molecule has 4 rings (SSSR count). The minimum Gasteiger partial charge on any atom is -0.494 e. The molecule has 10 heteroatoms. The van der Waals surface area contributed by atoms with Crippen LogP contribution in [0.5, 0.6) is 5.75 Å². The lowest BCUT2D eigenvalue weighted by Crippen LogP contribution is -2.32. The number of carbonyl (C=O) groups excluding carboxylic acids is 1. The van der Waals surface area contributed by atoms with E-state index in [1.807, 2.05) is 29.8 Å². The number of imidazole rings is 1. The number of rotatable bonds is 8. The number of sulfone groups is 1. The van der Waals surface area contributed by atoms with Gasteiger partial charge in [0, 0.05) is 37.3 Å². The molecule has 0 saturated heterocycles. The average Bonchev–Trinajstić information content (AvgIpc) is 3.47. The van der Waals surface area contributed by atoms with E-state index in [4.69, 9.17) is 9.72 Å². The van der Waals surface area contributed by atoms with E-state index in [9.17, 15) is 13.2 Å². The van der Waals surface area contributed by atoms with Crippen molar-refractivity contribution in [2.45, 2.75) is 24.8 Å². The molecule has 0 spiro atoms. The van der Waals surface area contributed by atoms with Crippen LogP contribution in [0.15, 0.2) is 60.0 Å². The summed E-state index contributed by atoms with van der Waals surface area (Å²) in [6, 6.07) is 9.84. The van der Waals surface area contributed by atoms with Gasteiger partial charge in [0.2, 0.25) is 0 Å². The summed E-state index contributed by atoms with van der Waals surface area (Å²) >= 11 is 1.44. The van der Waals surface area contributed by atoms with Crippen molar-refractivity contribution in [2.24, 2.45) is 0 Å². The predicted octanol–water partition coefficient (Wildman–Crippen LogP) is 3.95. The largest absolute Gasteiger partial charge is 0.494 e. The molecule has 2 aromatic heterocycles. The van der Waals surface area contributed by atoms with Crippen molar-refractivity contribution in [1.29, 1.82) is 0 Å². The van der Waals surface area contributed by atoms with Gasteiger partial charge in [0.1, 0.15) is 11.3 Å². The highest BCUT2D eigenvalue weighted by Gasteiger charge is 2.23. The molecule has 0 saturated carbocycles. The highest BCUT2D eigenvalue weighted by Crippen LogP contribution is 2.37. The fourth-order valence-electron chi connectivity index (χ4n) is 3.49. The van der Waals surface area contributed by atoms with Crippen molar-refractivity contribution in [3.8, 4) is 5.75 Å². The van der Waals surface area contributed by atoms with Gasteiger partial charge in [0.15, 0.2) is 15.0 Å². The summed E-state index contributed by atoms with van der Waals surface area (Å²) in [7, 11) is -1.75. The number of fused-ring (bicyclic) bond motifs is 1. The number of carbonyl (C=O) groups is 1. The van der Waals surface area contributed by atoms with Crippen LogP contribution in [0, 0.1) is 6.92 Å². The highest BCUT2D eigenvalue weighted by molar-refractivity contribution is 7.90. The summed E-state index contributed by atoms with van der Waals surface area (Å²) in [6.07, 6.45) is 7.16.